The highest BCUT2D eigenvalue weighted by atomic mass is 16.5. The van der Waals surface area contributed by atoms with Crippen LogP contribution in [0.1, 0.15) is 18.1 Å². The third-order valence-corrected chi connectivity index (χ3v) is 3.80. The Labute approximate surface area is 158 Å². The molecule has 2 aromatic rings. The second-order valence-electron chi connectivity index (χ2n) is 5.49. The highest BCUT2D eigenvalue weighted by molar-refractivity contribution is 6.10. The van der Waals surface area contributed by atoms with Gasteiger partial charge in [-0.1, -0.05) is 31.2 Å². The fraction of sp³-hybridized carbons (Fsp3) is 0.190. The summed E-state index contributed by atoms with van der Waals surface area (Å²) in [5.41, 5.74) is 2.24. The lowest BCUT2D eigenvalue weighted by molar-refractivity contribution is -0.112. The highest BCUT2D eigenvalue weighted by Gasteiger charge is 2.12. The number of nitrogens with one attached hydrogen (secondary N) is 1. The third-order valence-electron chi connectivity index (χ3n) is 3.80. The summed E-state index contributed by atoms with van der Waals surface area (Å²) in [6.45, 7) is 1.89. The summed E-state index contributed by atoms with van der Waals surface area (Å²) in [5, 5.41) is 20.8. The summed E-state index contributed by atoms with van der Waals surface area (Å²) in [6.07, 6.45) is 2.24. The van der Waals surface area contributed by atoms with E-state index >= 15 is 0 Å². The van der Waals surface area contributed by atoms with Gasteiger partial charge in [0.05, 0.1) is 7.11 Å². The number of para-hydroxylation sites is 1. The zero-order chi connectivity index (χ0) is 19.6. The summed E-state index contributed by atoms with van der Waals surface area (Å²) in [7, 11) is 1.47. The SMILES string of the molecule is CCc1ccccc1NC(=O)/C(C#N)=C\c1ccc(OCC#N)c(OC)c1. The molecule has 1 amide bonds. The zero-order valence-corrected chi connectivity index (χ0v) is 15.2. The molecule has 0 aliphatic heterocycles. The molecular formula is C21H19N3O3. The number of carbonyl (C=O) groups is 1. The number of aryl methyl sites for hydroxylation is 1. The number of ether oxygens (including phenoxy) is 2. The minimum atomic E-state index is -0.484. The Morgan fingerprint density at radius 2 is 1.96 bits per heavy atom. The van der Waals surface area contributed by atoms with Gasteiger partial charge in [0.15, 0.2) is 18.1 Å². The molecule has 2 aromatic carbocycles. The predicted octanol–water partition coefficient (Wildman–Crippen LogP) is 3.71. The van der Waals surface area contributed by atoms with Crippen LogP contribution < -0.4 is 14.8 Å². The fourth-order valence-corrected chi connectivity index (χ4v) is 2.46. The first-order valence-electron chi connectivity index (χ1n) is 8.31. The summed E-state index contributed by atoms with van der Waals surface area (Å²) in [6, 6.07) is 16.2. The Balaban J connectivity index is 2.26. The normalized spacial score (nSPS) is 10.4. The molecule has 0 aliphatic rings. The molecule has 0 radical (unpaired) electrons. The van der Waals surface area contributed by atoms with Crippen molar-refractivity contribution >= 4 is 17.7 Å². The first-order valence-corrected chi connectivity index (χ1v) is 8.31. The van der Waals surface area contributed by atoms with Crippen molar-refractivity contribution < 1.29 is 14.3 Å². The van der Waals surface area contributed by atoms with E-state index in [-0.39, 0.29) is 12.2 Å². The Morgan fingerprint density at radius 3 is 2.63 bits per heavy atom. The number of hydrogen-bond acceptors (Lipinski definition) is 5. The van der Waals surface area contributed by atoms with Crippen molar-refractivity contribution in [1.29, 1.82) is 10.5 Å². The van der Waals surface area contributed by atoms with Gasteiger partial charge in [-0.15, -0.1) is 0 Å². The van der Waals surface area contributed by atoms with E-state index in [0.29, 0.717) is 22.7 Å². The van der Waals surface area contributed by atoms with Gasteiger partial charge in [-0.05, 0) is 41.8 Å². The molecule has 2 rings (SSSR count). The molecule has 136 valence electrons. The number of carbonyl (C=O) groups excluding carboxylic acids is 1. The minimum Gasteiger partial charge on any atom is -0.493 e. The van der Waals surface area contributed by atoms with E-state index in [1.54, 1.807) is 24.3 Å². The number of benzene rings is 2. The van der Waals surface area contributed by atoms with Gasteiger partial charge in [0.25, 0.3) is 5.91 Å². The van der Waals surface area contributed by atoms with E-state index in [0.717, 1.165) is 12.0 Å². The van der Waals surface area contributed by atoms with Gasteiger partial charge in [0.1, 0.15) is 17.7 Å². The van der Waals surface area contributed by atoms with Crippen LogP contribution in [0.15, 0.2) is 48.0 Å². The lowest BCUT2D eigenvalue weighted by atomic mass is 10.1. The van der Waals surface area contributed by atoms with Crippen LogP contribution in [0.3, 0.4) is 0 Å². The quantitative estimate of drug-likeness (QED) is 0.599. The molecule has 6 nitrogen and oxygen atoms in total. The second-order valence-corrected chi connectivity index (χ2v) is 5.49. The molecule has 0 saturated heterocycles. The highest BCUT2D eigenvalue weighted by Crippen LogP contribution is 2.29. The van der Waals surface area contributed by atoms with Crippen molar-refractivity contribution in [3.05, 3.63) is 59.2 Å². The maximum Gasteiger partial charge on any atom is 0.266 e. The van der Waals surface area contributed by atoms with Crippen LogP contribution in [0.4, 0.5) is 5.69 Å². The van der Waals surface area contributed by atoms with Crippen LogP contribution in [-0.2, 0) is 11.2 Å². The van der Waals surface area contributed by atoms with Crippen LogP contribution >= 0.6 is 0 Å². The Hall–Kier alpha value is -3.77. The molecule has 6 heteroatoms. The molecule has 0 unspecified atom stereocenters. The van der Waals surface area contributed by atoms with Crippen LogP contribution in [0.25, 0.3) is 6.08 Å². The molecule has 0 aromatic heterocycles. The minimum absolute atomic E-state index is 0.0337. The summed E-state index contributed by atoms with van der Waals surface area (Å²) >= 11 is 0. The number of anilines is 1. The van der Waals surface area contributed by atoms with Crippen molar-refractivity contribution in [1.82, 2.24) is 0 Å². The number of nitriles is 2. The van der Waals surface area contributed by atoms with Crippen molar-refractivity contribution in [3.63, 3.8) is 0 Å². The molecule has 27 heavy (non-hydrogen) atoms. The maximum atomic E-state index is 12.5. The fourth-order valence-electron chi connectivity index (χ4n) is 2.46. The lowest BCUT2D eigenvalue weighted by Gasteiger charge is -2.10. The van der Waals surface area contributed by atoms with Crippen LogP contribution in [-0.4, -0.2) is 19.6 Å². The van der Waals surface area contributed by atoms with Gasteiger partial charge in [-0.3, -0.25) is 4.79 Å². The van der Waals surface area contributed by atoms with E-state index in [4.69, 9.17) is 14.7 Å². The average Bonchev–Trinajstić information content (AvgIpc) is 2.71. The molecule has 0 spiro atoms. The van der Waals surface area contributed by atoms with E-state index in [1.165, 1.54) is 13.2 Å². The van der Waals surface area contributed by atoms with E-state index < -0.39 is 5.91 Å². The van der Waals surface area contributed by atoms with Gasteiger partial charge in [-0.25, -0.2) is 0 Å². The van der Waals surface area contributed by atoms with Crippen molar-refractivity contribution in [2.24, 2.45) is 0 Å². The summed E-state index contributed by atoms with van der Waals surface area (Å²) < 4.78 is 10.5. The molecule has 0 aliphatic carbocycles. The van der Waals surface area contributed by atoms with Crippen molar-refractivity contribution in [3.8, 4) is 23.6 Å². The van der Waals surface area contributed by atoms with Crippen LogP contribution in [0.5, 0.6) is 11.5 Å². The third kappa shape index (κ3) is 5.10. The zero-order valence-electron chi connectivity index (χ0n) is 15.2. The van der Waals surface area contributed by atoms with Crippen LogP contribution in [0.2, 0.25) is 0 Å². The van der Waals surface area contributed by atoms with Gasteiger partial charge in [-0.2, -0.15) is 10.5 Å². The topological polar surface area (TPSA) is 95.1 Å². The van der Waals surface area contributed by atoms with Crippen molar-refractivity contribution in [2.75, 3.05) is 19.0 Å². The molecule has 0 fully saturated rings. The smallest absolute Gasteiger partial charge is 0.266 e. The van der Waals surface area contributed by atoms with Gasteiger partial charge >= 0.3 is 0 Å². The first kappa shape index (κ1) is 19.6. The van der Waals surface area contributed by atoms with E-state index in [9.17, 15) is 10.1 Å². The van der Waals surface area contributed by atoms with Gasteiger partial charge in [0, 0.05) is 5.69 Å². The second kappa shape index (κ2) is 9.65. The number of amides is 1. The number of methoxy groups -OCH3 is 1. The Bertz CT molecular complexity index is 936. The van der Waals surface area contributed by atoms with E-state index in [2.05, 4.69) is 5.32 Å². The number of hydrogen-bond donors (Lipinski definition) is 1. The predicted molar refractivity (Wildman–Crippen MR) is 102 cm³/mol. The number of nitrogens with zero attached hydrogens (tertiary/aromatic N) is 2. The largest absolute Gasteiger partial charge is 0.493 e. The Kier molecular flexibility index (Phi) is 6.99. The van der Waals surface area contributed by atoms with Gasteiger partial charge < -0.3 is 14.8 Å². The van der Waals surface area contributed by atoms with E-state index in [1.807, 2.05) is 37.3 Å². The molecule has 0 saturated carbocycles. The molecule has 0 bridgehead atoms. The molecule has 0 atom stereocenters. The van der Waals surface area contributed by atoms with Gasteiger partial charge in [0.2, 0.25) is 0 Å². The Morgan fingerprint density at radius 1 is 1.19 bits per heavy atom. The van der Waals surface area contributed by atoms with Crippen LogP contribution in [0, 0.1) is 22.7 Å². The maximum absolute atomic E-state index is 12.5. The summed E-state index contributed by atoms with van der Waals surface area (Å²) in [4.78, 5) is 12.5. The standard InChI is InChI=1S/C21H19N3O3/c1-3-16-6-4-5-7-18(16)24-21(25)17(14-23)12-15-8-9-19(27-11-10-22)20(13-15)26-2/h4-9,12-13H,3,11H2,1-2H3,(H,24,25)/b17-12-. The molecular weight excluding hydrogens is 342 g/mol. The number of rotatable bonds is 7. The molecule has 0 heterocycles. The monoisotopic (exact) mass is 361 g/mol. The lowest BCUT2D eigenvalue weighted by Crippen LogP contribution is -2.14. The van der Waals surface area contributed by atoms with Crippen molar-refractivity contribution in [2.45, 2.75) is 13.3 Å². The average molecular weight is 361 g/mol. The molecule has 1 N–H and O–H groups in total. The summed E-state index contributed by atoms with van der Waals surface area (Å²) in [5.74, 6) is 0.339. The first-order chi connectivity index (χ1) is 13.1.